The Labute approximate surface area is 275 Å². The van der Waals surface area contributed by atoms with Crippen molar-refractivity contribution < 1.29 is 37.5 Å². The lowest BCUT2D eigenvalue weighted by Gasteiger charge is -2.21. The summed E-state index contributed by atoms with van der Waals surface area (Å²) in [4.78, 5) is 54.5. The largest absolute Gasteiger partial charge is 0.490 e. The molecule has 0 saturated heterocycles. The number of Topliss-reactive ketones (excluding diaryl/α,β-unsaturated/α-hetero) is 1. The number of hydrogen-bond donors (Lipinski definition) is 3. The number of nitrogens with two attached hydrogens (primary N) is 1. The monoisotopic (exact) mass is 682 g/mol. The first kappa shape index (κ1) is 34.8. The highest BCUT2D eigenvalue weighted by atomic mass is 35.5. The molecule has 0 spiro atoms. The summed E-state index contributed by atoms with van der Waals surface area (Å²) in [5, 5.41) is 10.8. The van der Waals surface area contributed by atoms with Crippen LogP contribution in [-0.4, -0.2) is 39.8 Å². The molecule has 1 atom stereocenters. The van der Waals surface area contributed by atoms with E-state index < -0.39 is 18.2 Å². The number of rotatable bonds is 8. The van der Waals surface area contributed by atoms with Gasteiger partial charge in [-0.05, 0) is 65.7 Å². The maximum absolute atomic E-state index is 13.8. The van der Waals surface area contributed by atoms with E-state index >= 15 is 0 Å². The van der Waals surface area contributed by atoms with Crippen LogP contribution < -0.4 is 16.0 Å². The quantitative estimate of drug-likeness (QED) is 0.148. The summed E-state index contributed by atoms with van der Waals surface area (Å²) in [5.41, 5.74) is 9.64. The van der Waals surface area contributed by atoms with Crippen LogP contribution in [0.1, 0.15) is 44.3 Å². The van der Waals surface area contributed by atoms with Crippen LogP contribution in [0.3, 0.4) is 0 Å². The van der Waals surface area contributed by atoms with Crippen LogP contribution in [-0.2, 0) is 16.1 Å². The number of ketones is 1. The molecule has 5 aromatic rings. The molecule has 1 unspecified atom stereocenters. The number of hydrogen-bond acceptors (Lipinski definition) is 7. The Morgan fingerprint density at radius 3 is 2.09 bits per heavy atom. The van der Waals surface area contributed by atoms with Crippen LogP contribution in [0.15, 0.2) is 97.1 Å². The fourth-order valence-corrected chi connectivity index (χ4v) is 5.43. The summed E-state index contributed by atoms with van der Waals surface area (Å²) >= 11 is 7.24. The van der Waals surface area contributed by atoms with Gasteiger partial charge in [-0.1, -0.05) is 54.1 Å². The van der Waals surface area contributed by atoms with E-state index in [9.17, 15) is 27.6 Å². The summed E-state index contributed by atoms with van der Waals surface area (Å²) in [5.74, 6) is -3.64. The second-order valence-electron chi connectivity index (χ2n) is 9.89. The molecule has 47 heavy (non-hydrogen) atoms. The van der Waals surface area contributed by atoms with Crippen molar-refractivity contribution in [2.45, 2.75) is 25.7 Å². The second kappa shape index (κ2) is 15.0. The first-order chi connectivity index (χ1) is 22.3. The minimum atomic E-state index is -5.08. The van der Waals surface area contributed by atoms with Gasteiger partial charge in [0.1, 0.15) is 6.04 Å². The molecule has 0 aliphatic heterocycles. The average Bonchev–Trinajstić information content (AvgIpc) is 3.48. The molecule has 4 aromatic carbocycles. The van der Waals surface area contributed by atoms with Gasteiger partial charge in [0.2, 0.25) is 11.7 Å². The Bertz CT molecular complexity index is 1900. The third-order valence-electron chi connectivity index (χ3n) is 6.61. The number of nitrogens with zero attached hydrogens (tertiary/aromatic N) is 2. The van der Waals surface area contributed by atoms with Gasteiger partial charge in [0.05, 0.1) is 15.9 Å². The van der Waals surface area contributed by atoms with Gasteiger partial charge < -0.3 is 16.2 Å². The van der Waals surface area contributed by atoms with Crippen LogP contribution in [0.4, 0.5) is 24.5 Å². The van der Waals surface area contributed by atoms with Crippen molar-refractivity contribution in [3.8, 4) is 0 Å². The van der Waals surface area contributed by atoms with Crippen LogP contribution in [0.2, 0.25) is 5.02 Å². The molecule has 0 radical (unpaired) electrons. The lowest BCUT2D eigenvalue weighted by atomic mass is 10.0. The SMILES string of the molecule is CC(=O)N(c1ccc(Cl)cc1)c1ccc2nc(C(=O)C(NC(=O)c3ccccc3)c3ccc(CN)cc3)sc2c1.O=C(O)C(F)(F)F. The standard InChI is InChI=1S/C31H25ClN4O3S.C2HF3O2/c1-19(37)36(24-13-11-23(32)12-14-24)25-15-16-26-27(17-25)40-31(34-26)29(38)28(21-9-7-20(18-33)8-10-21)35-30(39)22-5-3-2-4-6-22;3-2(4,5)1(6)7/h2-17,28H,18,33H2,1H3,(H,35,39);(H,6,7). The third-order valence-corrected chi connectivity index (χ3v) is 7.89. The van der Waals surface area contributed by atoms with Crippen molar-refractivity contribution in [1.82, 2.24) is 10.3 Å². The molecule has 1 heterocycles. The lowest BCUT2D eigenvalue weighted by Crippen LogP contribution is -2.34. The molecule has 0 saturated carbocycles. The molecule has 0 aliphatic rings. The van der Waals surface area contributed by atoms with Gasteiger partial charge in [-0.15, -0.1) is 11.3 Å². The lowest BCUT2D eigenvalue weighted by molar-refractivity contribution is -0.192. The van der Waals surface area contributed by atoms with Gasteiger partial charge in [0.15, 0.2) is 5.01 Å². The number of alkyl halides is 3. The number of aromatic nitrogens is 1. The summed E-state index contributed by atoms with van der Waals surface area (Å²) in [6.07, 6.45) is -5.08. The Kier molecular flexibility index (Phi) is 11.1. The van der Waals surface area contributed by atoms with Gasteiger partial charge in [0, 0.05) is 29.7 Å². The Hall–Kier alpha value is -5.11. The smallest absolute Gasteiger partial charge is 0.475 e. The number of carbonyl (C=O) groups excluding carboxylic acids is 3. The van der Waals surface area contributed by atoms with Gasteiger partial charge in [-0.25, -0.2) is 9.78 Å². The second-order valence-corrected chi connectivity index (χ2v) is 11.4. The molecule has 0 fully saturated rings. The number of carboxylic acid groups (broad SMARTS) is 1. The van der Waals surface area contributed by atoms with E-state index in [1.807, 2.05) is 24.3 Å². The number of halogens is 4. The molecule has 4 N–H and O–H groups in total. The molecule has 9 nitrogen and oxygen atoms in total. The fourth-order valence-electron chi connectivity index (χ4n) is 4.33. The summed E-state index contributed by atoms with van der Waals surface area (Å²) in [7, 11) is 0. The maximum Gasteiger partial charge on any atom is 0.490 e. The van der Waals surface area contributed by atoms with E-state index in [2.05, 4.69) is 10.3 Å². The minimum absolute atomic E-state index is 0.174. The van der Waals surface area contributed by atoms with Crippen molar-refractivity contribution >= 4 is 68.1 Å². The Balaban J connectivity index is 0.000000644. The van der Waals surface area contributed by atoms with Gasteiger partial charge >= 0.3 is 12.1 Å². The van der Waals surface area contributed by atoms with Crippen molar-refractivity contribution in [3.63, 3.8) is 0 Å². The molecule has 14 heteroatoms. The predicted octanol–water partition coefficient (Wildman–Crippen LogP) is 7.08. The van der Waals surface area contributed by atoms with Gasteiger partial charge in [0.25, 0.3) is 5.91 Å². The number of anilines is 2. The topological polar surface area (TPSA) is 143 Å². The first-order valence-electron chi connectivity index (χ1n) is 13.7. The molecule has 0 bridgehead atoms. The van der Waals surface area contributed by atoms with E-state index in [-0.39, 0.29) is 22.6 Å². The van der Waals surface area contributed by atoms with Gasteiger partial charge in [-0.3, -0.25) is 19.3 Å². The van der Waals surface area contributed by atoms with Crippen LogP contribution in [0.5, 0.6) is 0 Å². The maximum atomic E-state index is 13.8. The highest BCUT2D eigenvalue weighted by Gasteiger charge is 2.38. The third kappa shape index (κ3) is 8.79. The zero-order valence-corrected chi connectivity index (χ0v) is 26.1. The Morgan fingerprint density at radius 1 is 0.936 bits per heavy atom. The highest BCUT2D eigenvalue weighted by molar-refractivity contribution is 7.20. The van der Waals surface area contributed by atoms with Crippen molar-refractivity contribution in [3.05, 3.63) is 124 Å². The van der Waals surface area contributed by atoms with Crippen LogP contribution >= 0.6 is 22.9 Å². The summed E-state index contributed by atoms with van der Waals surface area (Å²) in [6, 6.07) is 27.4. The van der Waals surface area contributed by atoms with Crippen LogP contribution in [0.25, 0.3) is 10.2 Å². The van der Waals surface area contributed by atoms with Crippen molar-refractivity contribution in [1.29, 1.82) is 0 Å². The first-order valence-corrected chi connectivity index (χ1v) is 14.9. The normalized spacial score (nSPS) is 11.6. The van der Waals surface area contributed by atoms with E-state index in [4.69, 9.17) is 27.2 Å². The molecular formula is C33H26ClF3N4O5S. The van der Waals surface area contributed by atoms with E-state index in [0.29, 0.717) is 39.6 Å². The summed E-state index contributed by atoms with van der Waals surface area (Å²) in [6.45, 7) is 1.85. The molecule has 0 aliphatic carbocycles. The van der Waals surface area contributed by atoms with E-state index in [1.54, 1.807) is 77.7 Å². The zero-order chi connectivity index (χ0) is 34.3. The number of fused-ring (bicyclic) bond motifs is 1. The number of amides is 2. The zero-order valence-electron chi connectivity index (χ0n) is 24.5. The van der Waals surface area contributed by atoms with Gasteiger partial charge in [-0.2, -0.15) is 13.2 Å². The van der Waals surface area contributed by atoms with Crippen molar-refractivity contribution in [2.75, 3.05) is 4.90 Å². The van der Waals surface area contributed by atoms with E-state index in [0.717, 1.165) is 10.3 Å². The number of benzene rings is 4. The number of carboxylic acids is 1. The predicted molar refractivity (Wildman–Crippen MR) is 173 cm³/mol. The highest BCUT2D eigenvalue weighted by Crippen LogP contribution is 2.33. The van der Waals surface area contributed by atoms with Crippen molar-refractivity contribution in [2.24, 2.45) is 5.73 Å². The number of thiazole rings is 1. The van der Waals surface area contributed by atoms with Crippen LogP contribution in [0, 0.1) is 0 Å². The average molecular weight is 683 g/mol. The molecule has 2 amide bonds. The van der Waals surface area contributed by atoms with E-state index in [1.165, 1.54) is 18.3 Å². The number of carbonyl (C=O) groups is 4. The molecule has 242 valence electrons. The molecule has 5 rings (SSSR count). The minimum Gasteiger partial charge on any atom is -0.475 e. The Morgan fingerprint density at radius 2 is 1.53 bits per heavy atom. The molecule has 1 aromatic heterocycles. The number of nitrogens with one attached hydrogen (secondary N) is 1. The number of aliphatic carboxylic acids is 1. The summed E-state index contributed by atoms with van der Waals surface area (Å²) < 4.78 is 32.5. The molecular weight excluding hydrogens is 657 g/mol. The fraction of sp³-hybridized carbons (Fsp3) is 0.121.